The Bertz CT molecular complexity index is 306. The lowest BCUT2D eigenvalue weighted by atomic mass is 10.1. The number of carboxylic acid groups (broad SMARTS) is 1. The van der Waals surface area contributed by atoms with Gasteiger partial charge in [-0.2, -0.15) is 0 Å². The smallest absolute Gasteiger partial charge is 0.314 e. The maximum absolute atomic E-state index is 11.3. The summed E-state index contributed by atoms with van der Waals surface area (Å²) in [6, 6.07) is -0.427. The Morgan fingerprint density at radius 3 is 2.42 bits per heavy atom. The van der Waals surface area contributed by atoms with Gasteiger partial charge in [-0.15, -0.1) is 0 Å². The van der Waals surface area contributed by atoms with Crippen LogP contribution in [0.1, 0.15) is 33.1 Å². The monoisotopic (exact) mass is 274 g/mol. The lowest BCUT2D eigenvalue weighted by Gasteiger charge is -2.11. The van der Waals surface area contributed by atoms with E-state index in [1.54, 1.807) is 13.8 Å². The zero-order valence-electron chi connectivity index (χ0n) is 11.4. The zero-order chi connectivity index (χ0) is 14.7. The van der Waals surface area contributed by atoms with Crippen molar-refractivity contribution in [1.82, 2.24) is 10.6 Å². The molecule has 0 rings (SSSR count). The second-order valence-corrected chi connectivity index (χ2v) is 3.99. The standard InChI is InChI=1S/C12H22N2O5/c1-3-9(11(16)17)8-14-12(18)13-7-5-6-10(15)19-4-2/h9H,3-8H2,1-2H3,(H,16,17)(H2,13,14,18). The normalized spacial score (nSPS) is 11.5. The minimum atomic E-state index is -0.926. The van der Waals surface area contributed by atoms with Crippen LogP contribution in [0.4, 0.5) is 4.79 Å². The first kappa shape index (κ1) is 17.2. The highest BCUT2D eigenvalue weighted by Gasteiger charge is 2.15. The van der Waals surface area contributed by atoms with Crippen molar-refractivity contribution in [3.63, 3.8) is 0 Å². The molecule has 0 spiro atoms. The molecule has 1 atom stereocenters. The van der Waals surface area contributed by atoms with Gasteiger partial charge in [-0.3, -0.25) is 9.59 Å². The summed E-state index contributed by atoms with van der Waals surface area (Å²) >= 11 is 0. The predicted octanol–water partition coefficient (Wildman–Crippen LogP) is 0.740. The zero-order valence-corrected chi connectivity index (χ0v) is 11.4. The van der Waals surface area contributed by atoms with E-state index in [0.717, 1.165) is 0 Å². The summed E-state index contributed by atoms with van der Waals surface area (Å²) < 4.78 is 4.74. The molecule has 19 heavy (non-hydrogen) atoms. The fraction of sp³-hybridized carbons (Fsp3) is 0.750. The molecule has 0 aromatic rings. The van der Waals surface area contributed by atoms with Crippen LogP contribution in [-0.2, 0) is 14.3 Å². The quantitative estimate of drug-likeness (QED) is 0.425. The van der Waals surface area contributed by atoms with Gasteiger partial charge in [0.2, 0.25) is 0 Å². The molecule has 0 bridgehead atoms. The first-order chi connectivity index (χ1) is 9.01. The van der Waals surface area contributed by atoms with Crippen molar-refractivity contribution in [2.24, 2.45) is 5.92 Å². The van der Waals surface area contributed by atoms with E-state index in [-0.39, 0.29) is 18.9 Å². The van der Waals surface area contributed by atoms with Crippen molar-refractivity contribution < 1.29 is 24.2 Å². The first-order valence-corrected chi connectivity index (χ1v) is 6.41. The summed E-state index contributed by atoms with van der Waals surface area (Å²) in [4.78, 5) is 33.0. The number of carbonyl (C=O) groups is 3. The maximum atomic E-state index is 11.3. The van der Waals surface area contributed by atoms with Crippen molar-refractivity contribution in [2.75, 3.05) is 19.7 Å². The maximum Gasteiger partial charge on any atom is 0.314 e. The van der Waals surface area contributed by atoms with Gasteiger partial charge >= 0.3 is 18.0 Å². The van der Waals surface area contributed by atoms with E-state index in [9.17, 15) is 14.4 Å². The first-order valence-electron chi connectivity index (χ1n) is 6.41. The number of nitrogens with one attached hydrogen (secondary N) is 2. The Labute approximate surface area is 112 Å². The predicted molar refractivity (Wildman–Crippen MR) is 68.7 cm³/mol. The Hall–Kier alpha value is -1.79. The van der Waals surface area contributed by atoms with Crippen molar-refractivity contribution in [3.05, 3.63) is 0 Å². The molecule has 0 saturated heterocycles. The molecular formula is C12H22N2O5. The van der Waals surface area contributed by atoms with E-state index in [1.165, 1.54) is 0 Å². The lowest BCUT2D eigenvalue weighted by molar-refractivity contribution is -0.143. The number of hydrogen-bond acceptors (Lipinski definition) is 4. The van der Waals surface area contributed by atoms with Crippen molar-refractivity contribution in [3.8, 4) is 0 Å². The average molecular weight is 274 g/mol. The van der Waals surface area contributed by atoms with Crippen LogP contribution in [0, 0.1) is 5.92 Å². The van der Waals surface area contributed by atoms with Gasteiger partial charge in [0.25, 0.3) is 0 Å². The summed E-state index contributed by atoms with van der Waals surface area (Å²) in [5, 5.41) is 13.8. The summed E-state index contributed by atoms with van der Waals surface area (Å²) in [5.41, 5.74) is 0. The van der Waals surface area contributed by atoms with Crippen LogP contribution in [-0.4, -0.2) is 42.8 Å². The summed E-state index contributed by atoms with van der Waals surface area (Å²) in [6.07, 6.45) is 1.20. The van der Waals surface area contributed by atoms with E-state index in [1.807, 2.05) is 0 Å². The highest BCUT2D eigenvalue weighted by Crippen LogP contribution is 2.00. The molecular weight excluding hydrogens is 252 g/mol. The van der Waals surface area contributed by atoms with Crippen molar-refractivity contribution >= 4 is 18.0 Å². The number of rotatable bonds is 9. The minimum Gasteiger partial charge on any atom is -0.481 e. The van der Waals surface area contributed by atoms with E-state index < -0.39 is 17.9 Å². The van der Waals surface area contributed by atoms with Crippen molar-refractivity contribution in [1.29, 1.82) is 0 Å². The number of hydrogen-bond donors (Lipinski definition) is 3. The van der Waals surface area contributed by atoms with Crippen LogP contribution < -0.4 is 10.6 Å². The van der Waals surface area contributed by atoms with Gasteiger partial charge in [-0.25, -0.2) is 4.79 Å². The number of amides is 2. The Kier molecular flexibility index (Phi) is 9.20. The molecule has 0 aromatic carbocycles. The van der Waals surface area contributed by atoms with Crippen molar-refractivity contribution in [2.45, 2.75) is 33.1 Å². The molecule has 3 N–H and O–H groups in total. The molecule has 0 saturated carbocycles. The van der Waals surface area contributed by atoms with E-state index in [4.69, 9.17) is 9.84 Å². The molecule has 0 aliphatic heterocycles. The Morgan fingerprint density at radius 2 is 1.89 bits per heavy atom. The van der Waals surface area contributed by atoms with Gasteiger partial charge in [-0.1, -0.05) is 6.92 Å². The third-order valence-electron chi connectivity index (χ3n) is 2.50. The van der Waals surface area contributed by atoms with Crippen LogP contribution in [0.2, 0.25) is 0 Å². The molecule has 7 heteroatoms. The van der Waals surface area contributed by atoms with Crippen LogP contribution in [0.5, 0.6) is 0 Å². The Balaban J connectivity index is 3.65. The topological polar surface area (TPSA) is 105 Å². The molecule has 110 valence electrons. The fourth-order valence-electron chi connectivity index (χ4n) is 1.35. The van der Waals surface area contributed by atoms with Crippen LogP contribution in [0.25, 0.3) is 0 Å². The van der Waals surface area contributed by atoms with Gasteiger partial charge in [0.05, 0.1) is 12.5 Å². The summed E-state index contributed by atoms with van der Waals surface area (Å²) in [5.74, 6) is -1.79. The molecule has 0 radical (unpaired) electrons. The number of aliphatic carboxylic acids is 1. The molecule has 7 nitrogen and oxygen atoms in total. The number of esters is 1. The van der Waals surface area contributed by atoms with Crippen LogP contribution >= 0.6 is 0 Å². The van der Waals surface area contributed by atoms with E-state index in [2.05, 4.69) is 10.6 Å². The third kappa shape index (κ3) is 8.87. The number of ether oxygens (including phenoxy) is 1. The molecule has 0 aromatic heterocycles. The second kappa shape index (κ2) is 10.2. The molecule has 0 aliphatic rings. The van der Waals surface area contributed by atoms with E-state index >= 15 is 0 Å². The van der Waals surface area contributed by atoms with Gasteiger partial charge in [0, 0.05) is 19.5 Å². The third-order valence-corrected chi connectivity index (χ3v) is 2.50. The number of carbonyl (C=O) groups excluding carboxylic acids is 2. The molecule has 0 heterocycles. The van der Waals surface area contributed by atoms with E-state index in [0.29, 0.717) is 26.0 Å². The second-order valence-electron chi connectivity index (χ2n) is 3.99. The number of urea groups is 1. The van der Waals surface area contributed by atoms with Crippen LogP contribution in [0.3, 0.4) is 0 Å². The van der Waals surface area contributed by atoms with Crippen LogP contribution in [0.15, 0.2) is 0 Å². The highest BCUT2D eigenvalue weighted by atomic mass is 16.5. The molecule has 2 amide bonds. The Morgan fingerprint density at radius 1 is 1.21 bits per heavy atom. The van der Waals surface area contributed by atoms with Gasteiger partial charge in [-0.05, 0) is 19.8 Å². The molecule has 1 unspecified atom stereocenters. The minimum absolute atomic E-state index is 0.0928. The fourth-order valence-corrected chi connectivity index (χ4v) is 1.35. The van der Waals surface area contributed by atoms with Gasteiger partial charge < -0.3 is 20.5 Å². The summed E-state index contributed by atoms with van der Waals surface area (Å²) in [7, 11) is 0. The summed E-state index contributed by atoms with van der Waals surface area (Å²) in [6.45, 7) is 4.26. The van der Waals surface area contributed by atoms with Gasteiger partial charge in [0.1, 0.15) is 0 Å². The molecule has 0 fully saturated rings. The average Bonchev–Trinajstić information content (AvgIpc) is 2.35. The largest absolute Gasteiger partial charge is 0.481 e. The van der Waals surface area contributed by atoms with Gasteiger partial charge in [0.15, 0.2) is 0 Å². The number of carboxylic acids is 1. The lowest BCUT2D eigenvalue weighted by Crippen LogP contribution is -2.40. The SMILES string of the molecule is CCOC(=O)CCCNC(=O)NCC(CC)C(=O)O. The highest BCUT2D eigenvalue weighted by molar-refractivity contribution is 5.75. The molecule has 0 aliphatic carbocycles.